The highest BCUT2D eigenvalue weighted by Gasteiger charge is 2.22. The summed E-state index contributed by atoms with van der Waals surface area (Å²) in [5, 5.41) is 10.6. The molecule has 0 aliphatic heterocycles. The van der Waals surface area contributed by atoms with Crippen molar-refractivity contribution in [3.63, 3.8) is 0 Å². The number of rotatable bonds is 9. The summed E-state index contributed by atoms with van der Waals surface area (Å²) >= 11 is 0. The average Bonchev–Trinajstić information content (AvgIpc) is 2.75. The Morgan fingerprint density at radius 2 is 1.41 bits per heavy atom. The van der Waals surface area contributed by atoms with Crippen molar-refractivity contribution in [1.29, 1.82) is 0 Å². The second-order valence-electron chi connectivity index (χ2n) is 5.99. The van der Waals surface area contributed by atoms with Crippen LogP contribution in [0.3, 0.4) is 0 Å². The molecule has 7 heteroatoms. The van der Waals surface area contributed by atoms with Crippen LogP contribution in [0.4, 0.5) is 0 Å². The van der Waals surface area contributed by atoms with E-state index in [0.29, 0.717) is 40.5 Å². The van der Waals surface area contributed by atoms with Gasteiger partial charge >= 0.3 is 0 Å². The monoisotopic (exact) mass is 402 g/mol. The second-order valence-corrected chi connectivity index (χ2v) is 5.99. The number of phenolic OH excluding ortho intramolecular Hbond substituents is 1. The number of ether oxygens (including phenoxy) is 5. The van der Waals surface area contributed by atoms with Gasteiger partial charge in [0, 0.05) is 11.6 Å². The van der Waals surface area contributed by atoms with Crippen LogP contribution in [0.2, 0.25) is 0 Å². The number of phenols is 1. The van der Waals surface area contributed by atoms with Gasteiger partial charge in [0.15, 0.2) is 17.3 Å². The number of carbonyl (C=O) groups is 1. The largest absolute Gasteiger partial charge is 0.507 e. The van der Waals surface area contributed by atoms with Crippen LogP contribution in [-0.4, -0.2) is 46.4 Å². The molecule has 156 valence electrons. The molecule has 0 heterocycles. The van der Waals surface area contributed by atoms with Crippen molar-refractivity contribution >= 4 is 11.9 Å². The maximum atomic E-state index is 12.9. The molecule has 7 nitrogen and oxygen atoms in total. The zero-order chi connectivity index (χ0) is 21.6. The van der Waals surface area contributed by atoms with Gasteiger partial charge in [0.25, 0.3) is 0 Å². The molecule has 29 heavy (non-hydrogen) atoms. The van der Waals surface area contributed by atoms with E-state index in [0.717, 1.165) is 0 Å². The van der Waals surface area contributed by atoms with Crippen LogP contribution in [-0.2, 0) is 6.42 Å². The summed E-state index contributed by atoms with van der Waals surface area (Å²) in [5.41, 5.74) is 1.28. The molecule has 0 bridgehead atoms. The summed E-state index contributed by atoms with van der Waals surface area (Å²) < 4.78 is 26.5. The molecule has 0 radical (unpaired) electrons. The SMILES string of the molecule is CCc1c(OC)cc(OC)c(C(=O)/C=C/c2cc(OC)c(OC)c(OC)c2)c1O. The maximum absolute atomic E-state index is 12.9. The van der Waals surface area contributed by atoms with Crippen LogP contribution in [0.1, 0.15) is 28.4 Å². The van der Waals surface area contributed by atoms with Gasteiger partial charge in [0.1, 0.15) is 22.8 Å². The molecule has 0 spiro atoms. The van der Waals surface area contributed by atoms with Crippen molar-refractivity contribution in [3.8, 4) is 34.5 Å². The van der Waals surface area contributed by atoms with E-state index in [2.05, 4.69) is 0 Å². The fraction of sp³-hybridized carbons (Fsp3) is 0.318. The van der Waals surface area contributed by atoms with E-state index in [4.69, 9.17) is 23.7 Å². The van der Waals surface area contributed by atoms with Crippen LogP contribution < -0.4 is 23.7 Å². The minimum atomic E-state index is -0.412. The Kier molecular flexibility index (Phi) is 7.36. The lowest BCUT2D eigenvalue weighted by Gasteiger charge is -2.15. The smallest absolute Gasteiger partial charge is 0.203 e. The molecule has 0 aliphatic carbocycles. The van der Waals surface area contributed by atoms with Gasteiger partial charge in [-0.25, -0.2) is 0 Å². The Balaban J connectivity index is 2.49. The minimum Gasteiger partial charge on any atom is -0.507 e. The Bertz CT molecular complexity index is 891. The topological polar surface area (TPSA) is 83.5 Å². The number of hydrogen-bond donors (Lipinski definition) is 1. The predicted octanol–water partition coefficient (Wildman–Crippen LogP) is 3.89. The lowest BCUT2D eigenvalue weighted by molar-refractivity contribution is 0.104. The third-order valence-corrected chi connectivity index (χ3v) is 4.48. The van der Waals surface area contributed by atoms with E-state index >= 15 is 0 Å². The highest BCUT2D eigenvalue weighted by molar-refractivity contribution is 6.11. The van der Waals surface area contributed by atoms with Crippen LogP contribution in [0.5, 0.6) is 34.5 Å². The second kappa shape index (κ2) is 9.73. The fourth-order valence-corrected chi connectivity index (χ4v) is 3.04. The lowest BCUT2D eigenvalue weighted by atomic mass is 10.00. The van der Waals surface area contributed by atoms with Crippen molar-refractivity contribution in [1.82, 2.24) is 0 Å². The van der Waals surface area contributed by atoms with E-state index in [1.807, 2.05) is 6.92 Å². The third kappa shape index (κ3) is 4.39. The Hall–Kier alpha value is -3.35. The molecule has 0 saturated carbocycles. The first-order chi connectivity index (χ1) is 13.9. The van der Waals surface area contributed by atoms with Crippen molar-refractivity contribution < 1.29 is 33.6 Å². The highest BCUT2D eigenvalue weighted by atomic mass is 16.5. The first-order valence-corrected chi connectivity index (χ1v) is 8.94. The molecule has 0 aliphatic rings. The standard InChI is InChI=1S/C22H26O7/c1-7-14-16(25-2)12-17(26-3)20(21(14)24)15(23)9-8-13-10-18(27-4)22(29-6)19(11-13)28-5/h8-12,24H,7H2,1-6H3/b9-8+. The molecular weight excluding hydrogens is 376 g/mol. The number of aromatic hydroxyl groups is 1. The normalized spacial score (nSPS) is 10.7. The van der Waals surface area contributed by atoms with Crippen LogP contribution in [0.25, 0.3) is 6.08 Å². The minimum absolute atomic E-state index is 0.0776. The van der Waals surface area contributed by atoms with Gasteiger partial charge in [-0.15, -0.1) is 0 Å². The van der Waals surface area contributed by atoms with Gasteiger partial charge in [0.05, 0.1) is 35.5 Å². The van der Waals surface area contributed by atoms with Crippen molar-refractivity contribution in [2.75, 3.05) is 35.5 Å². The predicted molar refractivity (Wildman–Crippen MR) is 110 cm³/mol. The van der Waals surface area contributed by atoms with Gasteiger partial charge in [-0.05, 0) is 30.2 Å². The van der Waals surface area contributed by atoms with E-state index in [1.165, 1.54) is 41.6 Å². The Morgan fingerprint density at radius 3 is 1.86 bits per heavy atom. The molecule has 0 saturated heterocycles. The van der Waals surface area contributed by atoms with E-state index in [-0.39, 0.29) is 17.1 Å². The summed E-state index contributed by atoms with van der Waals surface area (Å²) in [6.07, 6.45) is 3.45. The van der Waals surface area contributed by atoms with Gasteiger partial charge in [-0.2, -0.15) is 0 Å². The number of ketones is 1. The average molecular weight is 402 g/mol. The molecule has 2 rings (SSSR count). The van der Waals surface area contributed by atoms with Crippen LogP contribution in [0.15, 0.2) is 24.3 Å². The van der Waals surface area contributed by atoms with E-state index in [9.17, 15) is 9.90 Å². The molecule has 0 amide bonds. The summed E-state index contributed by atoms with van der Waals surface area (Å²) in [6.45, 7) is 1.87. The van der Waals surface area contributed by atoms with Gasteiger partial charge < -0.3 is 28.8 Å². The van der Waals surface area contributed by atoms with E-state index in [1.54, 1.807) is 24.3 Å². The fourth-order valence-electron chi connectivity index (χ4n) is 3.04. The summed E-state index contributed by atoms with van der Waals surface area (Å²) in [6, 6.07) is 5.03. The van der Waals surface area contributed by atoms with E-state index < -0.39 is 5.78 Å². The van der Waals surface area contributed by atoms with Gasteiger partial charge in [-0.1, -0.05) is 13.0 Å². The Morgan fingerprint density at radius 1 is 0.862 bits per heavy atom. The molecule has 0 atom stereocenters. The number of hydrogen-bond acceptors (Lipinski definition) is 7. The van der Waals surface area contributed by atoms with Crippen molar-refractivity contribution in [2.24, 2.45) is 0 Å². The first kappa shape index (κ1) is 21.9. The Labute approximate surface area is 170 Å². The molecular formula is C22H26O7. The van der Waals surface area contributed by atoms with Crippen LogP contribution in [0, 0.1) is 0 Å². The third-order valence-electron chi connectivity index (χ3n) is 4.48. The molecule has 2 aromatic carbocycles. The summed E-state index contributed by atoms with van der Waals surface area (Å²) in [4.78, 5) is 12.9. The maximum Gasteiger partial charge on any atom is 0.203 e. The first-order valence-electron chi connectivity index (χ1n) is 8.94. The molecule has 1 N–H and O–H groups in total. The molecule has 0 aromatic heterocycles. The number of allylic oxidation sites excluding steroid dienone is 1. The summed E-state index contributed by atoms with van der Waals surface area (Å²) in [7, 11) is 7.48. The van der Waals surface area contributed by atoms with Crippen molar-refractivity contribution in [3.05, 3.63) is 41.0 Å². The zero-order valence-electron chi connectivity index (χ0n) is 17.5. The number of methoxy groups -OCH3 is 5. The molecule has 0 unspecified atom stereocenters. The molecule has 2 aromatic rings. The van der Waals surface area contributed by atoms with Crippen LogP contribution >= 0.6 is 0 Å². The quantitative estimate of drug-likeness (QED) is 0.503. The zero-order valence-corrected chi connectivity index (χ0v) is 17.5. The lowest BCUT2D eigenvalue weighted by Crippen LogP contribution is -2.04. The summed E-state index contributed by atoms with van der Waals surface area (Å²) in [5.74, 6) is 1.53. The number of benzene rings is 2. The van der Waals surface area contributed by atoms with Gasteiger partial charge in [-0.3, -0.25) is 4.79 Å². The molecule has 0 fully saturated rings. The van der Waals surface area contributed by atoms with Crippen molar-refractivity contribution in [2.45, 2.75) is 13.3 Å². The number of carbonyl (C=O) groups excluding carboxylic acids is 1. The van der Waals surface area contributed by atoms with Gasteiger partial charge in [0.2, 0.25) is 5.75 Å². The highest BCUT2D eigenvalue weighted by Crippen LogP contribution is 2.40.